The highest BCUT2D eigenvalue weighted by Gasteiger charge is 2.11. The maximum Gasteiger partial charge on any atom is 0.269 e. The standard InChI is InChI=1S/C25H17N3O9/c29-26(30)18-1-7-21(8-2-18)35-16-17-13-24(36-22-9-3-19(4-10-22)27(31)32)15-25(14-17)37-23-11-5-20(6-12-23)28(33)34/h1-15H,16H2. The molecule has 4 aromatic carbocycles. The van der Waals surface area contributed by atoms with Crippen LogP contribution in [0.5, 0.6) is 28.7 Å². The smallest absolute Gasteiger partial charge is 0.269 e. The minimum absolute atomic E-state index is 0.0614. The van der Waals surface area contributed by atoms with Gasteiger partial charge in [0.05, 0.1) is 14.8 Å². The van der Waals surface area contributed by atoms with E-state index in [1.54, 1.807) is 18.2 Å². The molecule has 0 radical (unpaired) electrons. The summed E-state index contributed by atoms with van der Waals surface area (Å²) in [4.78, 5) is 31.1. The normalized spacial score (nSPS) is 10.4. The largest absolute Gasteiger partial charge is 0.489 e. The summed E-state index contributed by atoms with van der Waals surface area (Å²) >= 11 is 0. The van der Waals surface area contributed by atoms with Crippen molar-refractivity contribution in [2.45, 2.75) is 6.61 Å². The van der Waals surface area contributed by atoms with Crippen molar-refractivity contribution >= 4 is 17.1 Å². The van der Waals surface area contributed by atoms with Gasteiger partial charge in [-0.05, 0) is 54.1 Å². The molecule has 0 bridgehead atoms. The molecule has 4 rings (SSSR count). The average Bonchev–Trinajstić information content (AvgIpc) is 2.88. The van der Waals surface area contributed by atoms with Crippen molar-refractivity contribution in [2.24, 2.45) is 0 Å². The Labute approximate surface area is 208 Å². The summed E-state index contributed by atoms with van der Waals surface area (Å²) < 4.78 is 17.4. The molecular formula is C25H17N3O9. The second-order valence-corrected chi connectivity index (χ2v) is 7.56. The van der Waals surface area contributed by atoms with Crippen molar-refractivity contribution in [1.82, 2.24) is 0 Å². The van der Waals surface area contributed by atoms with Crippen LogP contribution in [0.2, 0.25) is 0 Å². The molecule has 186 valence electrons. The maximum absolute atomic E-state index is 10.9. The summed E-state index contributed by atoms with van der Waals surface area (Å²) in [6.45, 7) is 0.0614. The zero-order valence-corrected chi connectivity index (χ0v) is 18.9. The molecule has 0 atom stereocenters. The molecule has 0 aliphatic rings. The molecule has 0 N–H and O–H groups in total. The predicted molar refractivity (Wildman–Crippen MR) is 130 cm³/mol. The van der Waals surface area contributed by atoms with Crippen LogP contribution in [0, 0.1) is 30.3 Å². The van der Waals surface area contributed by atoms with Crippen LogP contribution in [0.15, 0.2) is 91.0 Å². The third-order valence-electron chi connectivity index (χ3n) is 4.96. The molecule has 0 spiro atoms. The van der Waals surface area contributed by atoms with Gasteiger partial charge in [0.15, 0.2) is 0 Å². The highest BCUT2D eigenvalue weighted by Crippen LogP contribution is 2.32. The Balaban J connectivity index is 1.57. The minimum atomic E-state index is -0.518. The van der Waals surface area contributed by atoms with Crippen molar-refractivity contribution in [1.29, 1.82) is 0 Å². The summed E-state index contributed by atoms with van der Waals surface area (Å²) in [6.07, 6.45) is 0. The highest BCUT2D eigenvalue weighted by molar-refractivity contribution is 5.45. The lowest BCUT2D eigenvalue weighted by Crippen LogP contribution is -1.98. The Hall–Kier alpha value is -5.52. The van der Waals surface area contributed by atoms with Gasteiger partial charge in [-0.15, -0.1) is 0 Å². The van der Waals surface area contributed by atoms with Crippen LogP contribution in [0.1, 0.15) is 5.56 Å². The van der Waals surface area contributed by atoms with Gasteiger partial charge in [-0.2, -0.15) is 0 Å². The molecule has 0 saturated carbocycles. The van der Waals surface area contributed by atoms with Crippen molar-refractivity contribution in [3.8, 4) is 28.7 Å². The average molecular weight is 503 g/mol. The molecule has 0 fully saturated rings. The predicted octanol–water partition coefficient (Wildman–Crippen LogP) is 6.57. The van der Waals surface area contributed by atoms with Crippen LogP contribution in [0.3, 0.4) is 0 Å². The molecule has 0 saturated heterocycles. The molecule has 0 aliphatic carbocycles. The molecule has 4 aromatic rings. The van der Waals surface area contributed by atoms with E-state index in [0.29, 0.717) is 34.3 Å². The summed E-state index contributed by atoms with van der Waals surface area (Å²) in [5, 5.41) is 32.6. The van der Waals surface area contributed by atoms with Crippen molar-refractivity contribution in [2.75, 3.05) is 0 Å². The maximum atomic E-state index is 10.9. The van der Waals surface area contributed by atoms with E-state index in [0.717, 1.165) is 0 Å². The number of benzene rings is 4. The number of nitrogens with zero attached hydrogens (tertiary/aromatic N) is 3. The highest BCUT2D eigenvalue weighted by atomic mass is 16.6. The van der Waals surface area contributed by atoms with Crippen LogP contribution in [-0.2, 0) is 6.61 Å². The molecule has 0 aromatic heterocycles. The van der Waals surface area contributed by atoms with Gasteiger partial charge in [-0.3, -0.25) is 30.3 Å². The number of rotatable bonds is 10. The Kier molecular flexibility index (Phi) is 7.19. The minimum Gasteiger partial charge on any atom is -0.489 e. The van der Waals surface area contributed by atoms with Crippen molar-refractivity contribution in [3.63, 3.8) is 0 Å². The molecule has 12 nitrogen and oxygen atoms in total. The van der Waals surface area contributed by atoms with E-state index in [-0.39, 0.29) is 23.7 Å². The van der Waals surface area contributed by atoms with Crippen LogP contribution >= 0.6 is 0 Å². The summed E-state index contributed by atoms with van der Waals surface area (Å²) in [6, 6.07) is 21.6. The van der Waals surface area contributed by atoms with E-state index >= 15 is 0 Å². The van der Waals surface area contributed by atoms with Crippen molar-refractivity contribution < 1.29 is 29.0 Å². The zero-order valence-electron chi connectivity index (χ0n) is 18.9. The van der Waals surface area contributed by atoms with E-state index in [4.69, 9.17) is 14.2 Å². The van der Waals surface area contributed by atoms with Crippen LogP contribution in [-0.4, -0.2) is 14.8 Å². The van der Waals surface area contributed by atoms with Gasteiger partial charge in [0.1, 0.15) is 35.4 Å². The SMILES string of the molecule is O=[N+]([O-])c1ccc(OCc2cc(Oc3ccc([N+](=O)[O-])cc3)cc(Oc3ccc([N+](=O)[O-])cc3)c2)cc1. The van der Waals surface area contributed by atoms with Gasteiger partial charge < -0.3 is 14.2 Å². The number of hydrogen-bond acceptors (Lipinski definition) is 9. The van der Waals surface area contributed by atoms with E-state index in [1.807, 2.05) is 0 Å². The monoisotopic (exact) mass is 503 g/mol. The van der Waals surface area contributed by atoms with E-state index < -0.39 is 14.8 Å². The fourth-order valence-electron chi connectivity index (χ4n) is 3.21. The summed E-state index contributed by atoms with van der Waals surface area (Å²) in [5.41, 5.74) is 0.388. The molecule has 0 amide bonds. The van der Waals surface area contributed by atoms with Crippen LogP contribution in [0.4, 0.5) is 17.1 Å². The van der Waals surface area contributed by atoms with E-state index in [2.05, 4.69) is 0 Å². The molecule has 37 heavy (non-hydrogen) atoms. The van der Waals surface area contributed by atoms with Gasteiger partial charge >= 0.3 is 0 Å². The van der Waals surface area contributed by atoms with Gasteiger partial charge in [-0.1, -0.05) is 0 Å². The second-order valence-electron chi connectivity index (χ2n) is 7.56. The Morgan fingerprint density at radius 1 is 0.486 bits per heavy atom. The number of hydrogen-bond donors (Lipinski definition) is 0. The third kappa shape index (κ3) is 6.54. The quantitative estimate of drug-likeness (QED) is 0.172. The Morgan fingerprint density at radius 2 is 0.838 bits per heavy atom. The molecule has 0 heterocycles. The Bertz CT molecular complexity index is 1360. The Morgan fingerprint density at radius 3 is 1.19 bits per heavy atom. The summed E-state index contributed by atoms with van der Waals surface area (Å²) in [7, 11) is 0. The first kappa shape index (κ1) is 24.6. The number of nitro groups is 3. The zero-order chi connectivity index (χ0) is 26.4. The first-order chi connectivity index (χ1) is 17.8. The molecule has 12 heteroatoms. The van der Waals surface area contributed by atoms with Crippen LogP contribution < -0.4 is 14.2 Å². The molecular weight excluding hydrogens is 486 g/mol. The number of nitro benzene ring substituents is 3. The van der Waals surface area contributed by atoms with Crippen molar-refractivity contribution in [3.05, 3.63) is 127 Å². The molecule has 0 unspecified atom stereocenters. The first-order valence-electron chi connectivity index (χ1n) is 10.6. The molecule has 0 aliphatic heterocycles. The number of non-ortho nitro benzene ring substituents is 3. The fourth-order valence-corrected chi connectivity index (χ4v) is 3.21. The number of ether oxygens (including phenoxy) is 3. The topological polar surface area (TPSA) is 157 Å². The fraction of sp³-hybridized carbons (Fsp3) is 0.0400. The van der Waals surface area contributed by atoms with Gasteiger partial charge in [0.25, 0.3) is 17.1 Å². The van der Waals surface area contributed by atoms with Gasteiger partial charge in [-0.25, -0.2) is 0 Å². The van der Waals surface area contributed by atoms with Crippen LogP contribution in [0.25, 0.3) is 0 Å². The lowest BCUT2D eigenvalue weighted by molar-refractivity contribution is -0.385. The lowest BCUT2D eigenvalue weighted by atomic mass is 10.2. The summed E-state index contributed by atoms with van der Waals surface area (Å²) in [5.74, 6) is 1.79. The first-order valence-corrected chi connectivity index (χ1v) is 10.6. The van der Waals surface area contributed by atoms with Gasteiger partial charge in [0, 0.05) is 42.5 Å². The van der Waals surface area contributed by atoms with E-state index in [1.165, 1.54) is 72.8 Å². The third-order valence-corrected chi connectivity index (χ3v) is 4.96. The second kappa shape index (κ2) is 10.8. The van der Waals surface area contributed by atoms with Gasteiger partial charge in [0.2, 0.25) is 0 Å². The lowest BCUT2D eigenvalue weighted by Gasteiger charge is -2.13. The van der Waals surface area contributed by atoms with E-state index in [9.17, 15) is 30.3 Å².